The smallest absolute Gasteiger partial charge is 0.252 e. The van der Waals surface area contributed by atoms with Crippen LogP contribution in [0.5, 0.6) is 0 Å². The fraction of sp³-hybridized carbons (Fsp3) is 0.364. The molecule has 2 aliphatic heterocycles. The lowest BCUT2D eigenvalue weighted by molar-refractivity contribution is 0.332. The average Bonchev–Trinajstić information content (AvgIpc) is 3.29. The van der Waals surface area contributed by atoms with Gasteiger partial charge in [0.2, 0.25) is 0 Å². The molecule has 0 saturated carbocycles. The third kappa shape index (κ3) is 8.18. The van der Waals surface area contributed by atoms with Gasteiger partial charge in [0.15, 0.2) is 0 Å². The van der Waals surface area contributed by atoms with Gasteiger partial charge in [-0.2, -0.15) is 0 Å². The van der Waals surface area contributed by atoms with Crippen LogP contribution in [0.1, 0.15) is 157 Å². The Labute approximate surface area is 422 Å². The van der Waals surface area contributed by atoms with Crippen molar-refractivity contribution in [3.63, 3.8) is 0 Å². The van der Waals surface area contributed by atoms with Crippen LogP contribution in [0.4, 0.5) is 51.2 Å². The van der Waals surface area contributed by atoms with Crippen LogP contribution < -0.4 is 31.1 Å². The minimum atomic E-state index is -0.0401. The zero-order valence-corrected chi connectivity index (χ0v) is 45.2. The number of rotatable bonds is 5. The van der Waals surface area contributed by atoms with Crippen molar-refractivity contribution < 1.29 is 0 Å². The van der Waals surface area contributed by atoms with Gasteiger partial charge < -0.3 is 14.7 Å². The first-order valence-electron chi connectivity index (χ1n) is 26.0. The fourth-order valence-electron chi connectivity index (χ4n) is 11.6. The van der Waals surface area contributed by atoms with Crippen LogP contribution in [0.15, 0.2) is 146 Å². The van der Waals surface area contributed by atoms with E-state index in [-0.39, 0.29) is 39.2 Å². The SMILES string of the molecule is CC(C)(C)c1ccc(N2c3ccc(C(C)(C)C)cc3B3c4cc(C(C)(C)C)ccc4N(c4ccc(C(C)(C)C)cc4)c4cc(N(c5ccccc5)c5ccc6c(c5)C(C)(C)CCC6(C)C)cc2c43)cc1. The molecule has 358 valence electrons. The maximum absolute atomic E-state index is 2.59. The van der Waals surface area contributed by atoms with Crippen molar-refractivity contribution in [1.29, 1.82) is 0 Å². The summed E-state index contributed by atoms with van der Waals surface area (Å²) in [7, 11) is 0. The van der Waals surface area contributed by atoms with Gasteiger partial charge in [-0.15, -0.1) is 0 Å². The van der Waals surface area contributed by atoms with Crippen molar-refractivity contribution in [3.8, 4) is 0 Å². The van der Waals surface area contributed by atoms with E-state index in [1.165, 1.54) is 84.6 Å². The number of fused-ring (bicyclic) bond motifs is 5. The molecule has 0 bridgehead atoms. The second-order valence-corrected chi connectivity index (χ2v) is 26.3. The molecule has 7 aromatic rings. The summed E-state index contributed by atoms with van der Waals surface area (Å²) in [5, 5.41) is 0. The summed E-state index contributed by atoms with van der Waals surface area (Å²) in [4.78, 5) is 7.71. The van der Waals surface area contributed by atoms with E-state index in [9.17, 15) is 0 Å². The number of hydrogen-bond acceptors (Lipinski definition) is 3. The summed E-state index contributed by atoms with van der Waals surface area (Å²) < 4.78 is 0. The first-order chi connectivity index (χ1) is 32.7. The second-order valence-electron chi connectivity index (χ2n) is 26.3. The minimum Gasteiger partial charge on any atom is -0.311 e. The van der Waals surface area contributed by atoms with Gasteiger partial charge in [-0.05, 0) is 168 Å². The molecule has 0 unspecified atom stereocenters. The highest BCUT2D eigenvalue weighted by atomic mass is 15.2. The molecule has 0 atom stereocenters. The van der Waals surface area contributed by atoms with Crippen molar-refractivity contribution in [2.24, 2.45) is 0 Å². The Bertz CT molecular complexity index is 2980. The van der Waals surface area contributed by atoms with E-state index in [2.05, 4.69) is 271 Å². The predicted octanol–water partition coefficient (Wildman–Crippen LogP) is 16.8. The Hall–Kier alpha value is -6.00. The van der Waals surface area contributed by atoms with Crippen LogP contribution in [0.25, 0.3) is 0 Å². The first kappa shape index (κ1) is 47.7. The van der Waals surface area contributed by atoms with Gasteiger partial charge in [0.1, 0.15) is 0 Å². The number of hydrogen-bond donors (Lipinski definition) is 0. The van der Waals surface area contributed by atoms with Crippen LogP contribution in [-0.2, 0) is 32.5 Å². The number of anilines is 9. The molecule has 70 heavy (non-hydrogen) atoms. The van der Waals surface area contributed by atoms with Crippen LogP contribution in [0, 0.1) is 0 Å². The molecule has 1 aliphatic carbocycles. The lowest BCUT2D eigenvalue weighted by atomic mass is 9.33. The van der Waals surface area contributed by atoms with Crippen LogP contribution in [-0.4, -0.2) is 6.71 Å². The van der Waals surface area contributed by atoms with E-state index in [0.29, 0.717) is 0 Å². The zero-order chi connectivity index (χ0) is 50.1. The molecule has 3 aliphatic rings. The Kier molecular flexibility index (Phi) is 11.1. The summed E-state index contributed by atoms with van der Waals surface area (Å²) in [6, 6.07) is 57.0. The molecular formula is C66H76BN3. The summed E-state index contributed by atoms with van der Waals surface area (Å²) in [5.41, 5.74) is 23.1. The Morgan fingerprint density at radius 2 is 0.800 bits per heavy atom. The second kappa shape index (κ2) is 16.3. The van der Waals surface area contributed by atoms with Crippen LogP contribution in [0.2, 0.25) is 0 Å². The number of benzene rings is 7. The van der Waals surface area contributed by atoms with E-state index >= 15 is 0 Å². The Balaban J connectivity index is 1.34. The highest BCUT2D eigenvalue weighted by Crippen LogP contribution is 2.51. The molecule has 10 rings (SSSR count). The van der Waals surface area contributed by atoms with E-state index < -0.39 is 0 Å². The summed E-state index contributed by atoms with van der Waals surface area (Å²) in [6.45, 7) is 37.7. The van der Waals surface area contributed by atoms with E-state index in [1.54, 1.807) is 0 Å². The fourth-order valence-corrected chi connectivity index (χ4v) is 11.6. The maximum atomic E-state index is 2.59. The quantitative estimate of drug-likeness (QED) is 0.159. The molecule has 7 aromatic carbocycles. The van der Waals surface area contributed by atoms with Gasteiger partial charge in [-0.25, -0.2) is 0 Å². The number of nitrogens with zero attached hydrogens (tertiary/aromatic N) is 3. The highest BCUT2D eigenvalue weighted by Gasteiger charge is 2.45. The number of para-hydroxylation sites is 1. The molecular weight excluding hydrogens is 846 g/mol. The van der Waals surface area contributed by atoms with Gasteiger partial charge in [0.25, 0.3) is 6.71 Å². The molecule has 4 heteroatoms. The molecule has 0 aromatic heterocycles. The standard InChI is InChI=1S/C66H76BN3/c1-61(2,3)43-22-28-48(29-23-43)69-56-34-26-45(63(7,8)9)38-54(56)67-55-39-46(64(10,11)12)27-35-57(55)70(49-30-24-44(25-31-49)62(4,5)6)59-42-51(41-58(69)60(59)67)68(47-20-18-17-19-21-47)50-32-33-52-53(40-50)66(15,16)37-36-65(52,13)14/h17-35,38-42H,36-37H2,1-16H3. The van der Waals surface area contributed by atoms with Gasteiger partial charge >= 0.3 is 0 Å². The maximum Gasteiger partial charge on any atom is 0.252 e. The lowest BCUT2D eigenvalue weighted by Crippen LogP contribution is -2.61. The monoisotopic (exact) mass is 922 g/mol. The van der Waals surface area contributed by atoms with Crippen molar-refractivity contribution in [3.05, 3.63) is 179 Å². The van der Waals surface area contributed by atoms with E-state index in [4.69, 9.17) is 0 Å². The van der Waals surface area contributed by atoms with Crippen LogP contribution in [0.3, 0.4) is 0 Å². The van der Waals surface area contributed by atoms with Gasteiger partial charge in [-0.1, -0.05) is 184 Å². The molecule has 3 nitrogen and oxygen atoms in total. The highest BCUT2D eigenvalue weighted by molar-refractivity contribution is 7.00. The summed E-state index contributed by atoms with van der Waals surface area (Å²) >= 11 is 0. The topological polar surface area (TPSA) is 9.72 Å². The van der Waals surface area contributed by atoms with Crippen LogP contribution >= 0.6 is 0 Å². The third-order valence-electron chi connectivity index (χ3n) is 16.1. The molecule has 0 saturated heterocycles. The van der Waals surface area contributed by atoms with Crippen molar-refractivity contribution >= 4 is 74.3 Å². The average molecular weight is 922 g/mol. The third-order valence-corrected chi connectivity index (χ3v) is 16.1. The van der Waals surface area contributed by atoms with Gasteiger partial charge in [0.05, 0.1) is 5.69 Å². The van der Waals surface area contributed by atoms with Crippen molar-refractivity contribution in [1.82, 2.24) is 0 Å². The van der Waals surface area contributed by atoms with Crippen molar-refractivity contribution in [2.45, 2.75) is 156 Å². The zero-order valence-electron chi connectivity index (χ0n) is 45.2. The molecule has 0 N–H and O–H groups in total. The van der Waals surface area contributed by atoms with Gasteiger partial charge in [0, 0.05) is 45.5 Å². The molecule has 0 radical (unpaired) electrons. The summed E-state index contributed by atoms with van der Waals surface area (Å²) in [6.07, 6.45) is 2.34. The molecule has 2 heterocycles. The molecule has 0 fully saturated rings. The Morgan fingerprint density at radius 1 is 0.386 bits per heavy atom. The van der Waals surface area contributed by atoms with Gasteiger partial charge in [-0.3, -0.25) is 0 Å². The largest absolute Gasteiger partial charge is 0.311 e. The Morgan fingerprint density at radius 3 is 1.23 bits per heavy atom. The van der Waals surface area contributed by atoms with E-state index in [0.717, 1.165) is 29.2 Å². The predicted molar refractivity (Wildman–Crippen MR) is 305 cm³/mol. The molecule has 0 amide bonds. The van der Waals surface area contributed by atoms with Crippen molar-refractivity contribution in [2.75, 3.05) is 14.7 Å². The normalized spacial score (nSPS) is 16.0. The lowest BCUT2D eigenvalue weighted by Gasteiger charge is -2.46. The first-order valence-corrected chi connectivity index (χ1v) is 26.0. The summed E-state index contributed by atoms with van der Waals surface area (Å²) in [5.74, 6) is 0. The minimum absolute atomic E-state index is 0.0132. The van der Waals surface area contributed by atoms with E-state index in [1.807, 2.05) is 0 Å². The molecule has 0 spiro atoms.